The predicted octanol–water partition coefficient (Wildman–Crippen LogP) is 2.64. The van der Waals surface area contributed by atoms with Crippen LogP contribution in [-0.2, 0) is 11.3 Å². The molecule has 0 atom stereocenters. The lowest BCUT2D eigenvalue weighted by molar-refractivity contribution is -0.116. The van der Waals surface area contributed by atoms with Crippen molar-refractivity contribution in [3.63, 3.8) is 0 Å². The van der Waals surface area contributed by atoms with Crippen molar-refractivity contribution in [1.29, 1.82) is 0 Å². The Morgan fingerprint density at radius 3 is 2.92 bits per heavy atom. The van der Waals surface area contributed by atoms with Crippen LogP contribution in [0, 0.1) is 13.8 Å². The van der Waals surface area contributed by atoms with Crippen molar-refractivity contribution < 1.29 is 13.9 Å². The van der Waals surface area contributed by atoms with Gasteiger partial charge in [-0.3, -0.25) is 14.2 Å². The van der Waals surface area contributed by atoms with Crippen LogP contribution in [0.2, 0.25) is 0 Å². The normalized spacial score (nSPS) is 10.8. The van der Waals surface area contributed by atoms with Crippen LogP contribution >= 0.6 is 0 Å². The summed E-state index contributed by atoms with van der Waals surface area (Å²) < 4.78 is 12.0. The number of nitrogens with zero attached hydrogens (tertiary/aromatic N) is 2. The second-order valence-electron chi connectivity index (χ2n) is 5.74. The zero-order chi connectivity index (χ0) is 18.0. The predicted molar refractivity (Wildman–Crippen MR) is 94.0 cm³/mol. The maximum atomic E-state index is 12.5. The molecule has 0 spiro atoms. The number of anilines is 1. The molecule has 7 nitrogen and oxygen atoms in total. The highest BCUT2D eigenvalue weighted by Gasteiger charge is 2.14. The third kappa shape index (κ3) is 3.40. The van der Waals surface area contributed by atoms with Gasteiger partial charge in [0.1, 0.15) is 23.2 Å². The standard InChI is InChI=1S/C18H19N3O4/c1-11-12(2)25-17-16(11)18(23)21(10-19-17)8-7-15(22)20-13-5-4-6-14(9-13)24-3/h4-6,9-10H,7-8H2,1-3H3,(H,20,22). The van der Waals surface area contributed by atoms with E-state index in [9.17, 15) is 9.59 Å². The summed E-state index contributed by atoms with van der Waals surface area (Å²) >= 11 is 0. The van der Waals surface area contributed by atoms with Gasteiger partial charge in [0.05, 0.1) is 7.11 Å². The summed E-state index contributed by atoms with van der Waals surface area (Å²) in [5, 5.41) is 3.25. The lowest BCUT2D eigenvalue weighted by Crippen LogP contribution is -2.23. The Bertz CT molecular complexity index is 988. The van der Waals surface area contributed by atoms with Crippen molar-refractivity contribution in [3.05, 3.63) is 52.3 Å². The molecule has 2 aromatic heterocycles. The van der Waals surface area contributed by atoms with E-state index in [-0.39, 0.29) is 24.4 Å². The van der Waals surface area contributed by atoms with Gasteiger partial charge in [0.15, 0.2) is 0 Å². The number of benzene rings is 1. The molecule has 2 heterocycles. The minimum Gasteiger partial charge on any atom is -0.497 e. The first kappa shape index (κ1) is 16.8. The minimum absolute atomic E-state index is 0.153. The number of aromatic nitrogens is 2. The summed E-state index contributed by atoms with van der Waals surface area (Å²) in [6, 6.07) is 7.10. The molecule has 0 aliphatic heterocycles. The third-order valence-electron chi connectivity index (χ3n) is 4.09. The number of carbonyl (C=O) groups excluding carboxylic acids is 1. The molecule has 130 valence electrons. The number of fused-ring (bicyclic) bond motifs is 1. The Hall–Kier alpha value is -3.09. The molecule has 1 N–H and O–H groups in total. The van der Waals surface area contributed by atoms with Crippen molar-refractivity contribution >= 4 is 22.7 Å². The molecule has 3 aromatic rings. The molecule has 7 heteroatoms. The molecule has 0 bridgehead atoms. The Balaban J connectivity index is 1.72. The van der Waals surface area contributed by atoms with E-state index in [1.807, 2.05) is 6.92 Å². The summed E-state index contributed by atoms with van der Waals surface area (Å²) in [7, 11) is 1.57. The molecule has 25 heavy (non-hydrogen) atoms. The van der Waals surface area contributed by atoms with Gasteiger partial charge in [0, 0.05) is 30.3 Å². The van der Waals surface area contributed by atoms with Crippen molar-refractivity contribution in [2.24, 2.45) is 0 Å². The summed E-state index contributed by atoms with van der Waals surface area (Å²) in [6.45, 7) is 3.85. The Morgan fingerprint density at radius 2 is 2.16 bits per heavy atom. The van der Waals surface area contributed by atoms with E-state index >= 15 is 0 Å². The first-order chi connectivity index (χ1) is 12.0. The largest absolute Gasteiger partial charge is 0.497 e. The van der Waals surface area contributed by atoms with Crippen LogP contribution in [0.1, 0.15) is 17.7 Å². The fourth-order valence-corrected chi connectivity index (χ4v) is 2.58. The number of carbonyl (C=O) groups is 1. The molecule has 0 saturated heterocycles. The van der Waals surface area contributed by atoms with Gasteiger partial charge in [-0.15, -0.1) is 0 Å². The highest BCUT2D eigenvalue weighted by molar-refractivity contribution is 5.90. The summed E-state index contributed by atoms with van der Waals surface area (Å²) in [4.78, 5) is 28.8. The molecule has 0 fully saturated rings. The number of amides is 1. The van der Waals surface area contributed by atoms with Gasteiger partial charge >= 0.3 is 0 Å². The average molecular weight is 341 g/mol. The summed E-state index contributed by atoms with van der Waals surface area (Å²) in [5.41, 5.74) is 1.56. The molecule has 1 aromatic carbocycles. The Labute approximate surface area is 144 Å². The van der Waals surface area contributed by atoms with Crippen LogP contribution in [0.15, 0.2) is 39.8 Å². The van der Waals surface area contributed by atoms with Crippen LogP contribution < -0.4 is 15.6 Å². The number of methoxy groups -OCH3 is 1. The van der Waals surface area contributed by atoms with E-state index in [1.54, 1.807) is 38.3 Å². The minimum atomic E-state index is -0.200. The van der Waals surface area contributed by atoms with Gasteiger partial charge in [-0.1, -0.05) is 6.07 Å². The van der Waals surface area contributed by atoms with E-state index in [0.29, 0.717) is 28.3 Å². The first-order valence-electron chi connectivity index (χ1n) is 7.88. The molecule has 0 aliphatic carbocycles. The van der Waals surface area contributed by atoms with Crippen LogP contribution in [0.25, 0.3) is 11.1 Å². The average Bonchev–Trinajstić information content (AvgIpc) is 2.89. The highest BCUT2D eigenvalue weighted by Crippen LogP contribution is 2.19. The molecule has 1 amide bonds. The van der Waals surface area contributed by atoms with Crippen molar-refractivity contribution in [3.8, 4) is 5.75 Å². The summed E-state index contributed by atoms with van der Waals surface area (Å²) in [5.74, 6) is 1.14. The molecular formula is C18H19N3O4. The zero-order valence-corrected chi connectivity index (χ0v) is 14.3. The first-order valence-corrected chi connectivity index (χ1v) is 7.88. The molecule has 3 rings (SSSR count). The van der Waals surface area contributed by atoms with E-state index in [0.717, 1.165) is 5.56 Å². The van der Waals surface area contributed by atoms with Crippen molar-refractivity contribution in [1.82, 2.24) is 9.55 Å². The van der Waals surface area contributed by atoms with E-state index in [1.165, 1.54) is 10.9 Å². The molecule has 0 aliphatic rings. The highest BCUT2D eigenvalue weighted by atomic mass is 16.5. The molecular weight excluding hydrogens is 322 g/mol. The monoisotopic (exact) mass is 341 g/mol. The number of aryl methyl sites for hydroxylation is 3. The van der Waals surface area contributed by atoms with E-state index < -0.39 is 0 Å². The number of rotatable bonds is 5. The topological polar surface area (TPSA) is 86.4 Å². The Kier molecular flexibility index (Phi) is 4.56. The molecule has 0 unspecified atom stereocenters. The van der Waals surface area contributed by atoms with Gasteiger partial charge in [-0.2, -0.15) is 0 Å². The summed E-state index contributed by atoms with van der Waals surface area (Å²) in [6.07, 6.45) is 1.56. The number of ether oxygens (including phenoxy) is 1. The number of hydrogen-bond donors (Lipinski definition) is 1. The lowest BCUT2D eigenvalue weighted by atomic mass is 10.2. The fourth-order valence-electron chi connectivity index (χ4n) is 2.58. The number of hydrogen-bond acceptors (Lipinski definition) is 5. The van der Waals surface area contributed by atoms with Gasteiger partial charge < -0.3 is 14.5 Å². The molecule has 0 radical (unpaired) electrons. The van der Waals surface area contributed by atoms with Crippen LogP contribution in [0.3, 0.4) is 0 Å². The fraction of sp³-hybridized carbons (Fsp3) is 0.278. The Morgan fingerprint density at radius 1 is 1.36 bits per heavy atom. The second-order valence-corrected chi connectivity index (χ2v) is 5.74. The van der Waals surface area contributed by atoms with Crippen molar-refractivity contribution in [2.75, 3.05) is 12.4 Å². The maximum absolute atomic E-state index is 12.5. The molecule has 0 saturated carbocycles. The van der Waals surface area contributed by atoms with Gasteiger partial charge in [-0.25, -0.2) is 4.98 Å². The van der Waals surface area contributed by atoms with Crippen LogP contribution in [-0.4, -0.2) is 22.6 Å². The SMILES string of the molecule is COc1cccc(NC(=O)CCn2cnc3oc(C)c(C)c3c2=O)c1. The van der Waals surface area contributed by atoms with E-state index in [4.69, 9.17) is 9.15 Å². The van der Waals surface area contributed by atoms with Crippen LogP contribution in [0.5, 0.6) is 5.75 Å². The number of furan rings is 1. The van der Waals surface area contributed by atoms with Crippen LogP contribution in [0.4, 0.5) is 5.69 Å². The number of nitrogens with one attached hydrogen (secondary N) is 1. The van der Waals surface area contributed by atoms with Crippen molar-refractivity contribution in [2.45, 2.75) is 26.8 Å². The smallest absolute Gasteiger partial charge is 0.264 e. The van der Waals surface area contributed by atoms with Gasteiger partial charge in [0.25, 0.3) is 5.56 Å². The van der Waals surface area contributed by atoms with E-state index in [2.05, 4.69) is 10.3 Å². The van der Waals surface area contributed by atoms with Gasteiger partial charge in [0.2, 0.25) is 11.6 Å². The second kappa shape index (κ2) is 6.80. The maximum Gasteiger partial charge on any atom is 0.264 e. The quantitative estimate of drug-likeness (QED) is 0.771. The third-order valence-corrected chi connectivity index (χ3v) is 4.09. The zero-order valence-electron chi connectivity index (χ0n) is 14.3. The van der Waals surface area contributed by atoms with Gasteiger partial charge in [-0.05, 0) is 26.0 Å². The lowest BCUT2D eigenvalue weighted by Gasteiger charge is -2.08.